The molecule has 0 fully saturated rings. The summed E-state index contributed by atoms with van der Waals surface area (Å²) < 4.78 is 34.9. The Morgan fingerprint density at radius 2 is 1.80 bits per heavy atom. The van der Waals surface area contributed by atoms with Gasteiger partial charge in [-0.1, -0.05) is 0 Å². The molecule has 0 atom stereocenters. The normalized spacial score (nSPS) is 11.1. The summed E-state index contributed by atoms with van der Waals surface area (Å²) in [6, 6.07) is 0. The Hall–Kier alpha value is -1.27. The average Bonchev–Trinajstić information content (AvgIpc) is 2.07. The van der Waals surface area contributed by atoms with Crippen LogP contribution in [0.5, 0.6) is 0 Å². The lowest BCUT2D eigenvalue weighted by Gasteiger charge is -2.06. The van der Waals surface area contributed by atoms with Gasteiger partial charge in [-0.25, -0.2) is 0 Å². The fourth-order valence-corrected chi connectivity index (χ4v) is 0.825. The number of rotatable bonds is 6. The maximum Gasteiger partial charge on any atom is 0.389 e. The van der Waals surface area contributed by atoms with Crippen LogP contribution in [0.25, 0.3) is 0 Å². The summed E-state index contributed by atoms with van der Waals surface area (Å²) in [6.45, 7) is -0.0854. The van der Waals surface area contributed by atoms with Crippen molar-refractivity contribution in [1.29, 1.82) is 0 Å². The number of halogens is 3. The highest BCUT2D eigenvalue weighted by molar-refractivity contribution is 5.80. The molecule has 0 rings (SSSR count). The number of aliphatic carboxylic acids is 1. The number of nitrogens with one attached hydrogen (secondary N) is 1. The first-order valence-corrected chi connectivity index (χ1v) is 4.36. The van der Waals surface area contributed by atoms with Gasteiger partial charge in [-0.3, -0.25) is 9.59 Å². The van der Waals surface area contributed by atoms with Crippen molar-refractivity contribution < 1.29 is 27.9 Å². The molecule has 4 nitrogen and oxygen atoms in total. The molecular weight excluding hydrogens is 215 g/mol. The molecule has 0 unspecified atom stereocenters. The second-order valence-electron chi connectivity index (χ2n) is 2.96. The molecule has 88 valence electrons. The lowest BCUT2D eigenvalue weighted by Crippen LogP contribution is -2.25. The van der Waals surface area contributed by atoms with Crippen molar-refractivity contribution >= 4 is 11.9 Å². The molecule has 0 aliphatic carbocycles. The Morgan fingerprint density at radius 3 is 2.27 bits per heavy atom. The molecule has 0 saturated heterocycles. The lowest BCUT2D eigenvalue weighted by atomic mass is 10.2. The van der Waals surface area contributed by atoms with Gasteiger partial charge < -0.3 is 10.4 Å². The zero-order valence-electron chi connectivity index (χ0n) is 7.93. The van der Waals surface area contributed by atoms with E-state index in [1.54, 1.807) is 0 Å². The largest absolute Gasteiger partial charge is 0.481 e. The molecule has 0 aromatic heterocycles. The fourth-order valence-electron chi connectivity index (χ4n) is 0.825. The monoisotopic (exact) mass is 227 g/mol. The summed E-state index contributed by atoms with van der Waals surface area (Å²) in [5.41, 5.74) is 0. The Kier molecular flexibility index (Phi) is 5.73. The first-order chi connectivity index (χ1) is 6.81. The Morgan fingerprint density at radius 1 is 1.20 bits per heavy atom. The minimum Gasteiger partial charge on any atom is -0.481 e. The van der Waals surface area contributed by atoms with E-state index in [0.29, 0.717) is 0 Å². The summed E-state index contributed by atoms with van der Waals surface area (Å²) in [5.74, 6) is -1.65. The van der Waals surface area contributed by atoms with Crippen LogP contribution in [0.15, 0.2) is 0 Å². The second kappa shape index (κ2) is 6.26. The van der Waals surface area contributed by atoms with Crippen LogP contribution >= 0.6 is 0 Å². The van der Waals surface area contributed by atoms with Gasteiger partial charge in [0.15, 0.2) is 0 Å². The summed E-state index contributed by atoms with van der Waals surface area (Å²) >= 11 is 0. The van der Waals surface area contributed by atoms with Gasteiger partial charge in [0.05, 0.1) is 6.42 Å². The quantitative estimate of drug-likeness (QED) is 0.672. The van der Waals surface area contributed by atoms with Crippen LogP contribution in [0.3, 0.4) is 0 Å². The van der Waals surface area contributed by atoms with Gasteiger partial charge in [0.1, 0.15) is 0 Å². The van der Waals surface area contributed by atoms with Crippen LogP contribution < -0.4 is 5.32 Å². The van der Waals surface area contributed by atoms with E-state index in [9.17, 15) is 22.8 Å². The number of alkyl halides is 3. The molecule has 0 aliphatic rings. The Bertz CT molecular complexity index is 228. The van der Waals surface area contributed by atoms with E-state index in [4.69, 9.17) is 5.11 Å². The summed E-state index contributed by atoms with van der Waals surface area (Å²) in [6.07, 6.45) is -5.88. The SMILES string of the molecule is O=C(O)CCC(=O)NCCCC(F)(F)F. The molecule has 2 N–H and O–H groups in total. The van der Waals surface area contributed by atoms with E-state index >= 15 is 0 Å². The van der Waals surface area contributed by atoms with Crippen LogP contribution in [0.1, 0.15) is 25.7 Å². The van der Waals surface area contributed by atoms with Gasteiger partial charge >= 0.3 is 12.1 Å². The molecule has 1 amide bonds. The van der Waals surface area contributed by atoms with Gasteiger partial charge in [0.2, 0.25) is 5.91 Å². The van der Waals surface area contributed by atoms with Crippen molar-refractivity contribution in [1.82, 2.24) is 5.32 Å². The molecule has 0 spiro atoms. The third-order valence-corrected chi connectivity index (χ3v) is 1.53. The van der Waals surface area contributed by atoms with Gasteiger partial charge in [0.25, 0.3) is 0 Å². The van der Waals surface area contributed by atoms with Gasteiger partial charge in [-0.15, -0.1) is 0 Å². The topological polar surface area (TPSA) is 66.4 Å². The van der Waals surface area contributed by atoms with E-state index in [1.807, 2.05) is 0 Å². The van der Waals surface area contributed by atoms with Crippen molar-refractivity contribution in [2.24, 2.45) is 0 Å². The molecule has 0 heterocycles. The molecule has 0 aromatic carbocycles. The molecule has 0 aliphatic heterocycles. The van der Waals surface area contributed by atoms with Crippen LogP contribution in [0.4, 0.5) is 13.2 Å². The fraction of sp³-hybridized carbons (Fsp3) is 0.750. The van der Waals surface area contributed by atoms with Crippen molar-refractivity contribution in [3.63, 3.8) is 0 Å². The number of amides is 1. The third kappa shape index (κ3) is 10.7. The standard InChI is InChI=1S/C8H12F3NO3/c9-8(10,11)4-1-5-12-6(13)2-3-7(14)15/h1-5H2,(H,12,13)(H,14,15). The van der Waals surface area contributed by atoms with E-state index in [-0.39, 0.29) is 25.8 Å². The van der Waals surface area contributed by atoms with Crippen LogP contribution in [0.2, 0.25) is 0 Å². The molecule has 15 heavy (non-hydrogen) atoms. The van der Waals surface area contributed by atoms with Crippen molar-refractivity contribution in [2.45, 2.75) is 31.9 Å². The zero-order valence-corrected chi connectivity index (χ0v) is 7.93. The molecule has 0 saturated carbocycles. The van der Waals surface area contributed by atoms with Crippen LogP contribution in [-0.2, 0) is 9.59 Å². The molecule has 0 radical (unpaired) electrons. The summed E-state index contributed by atoms with van der Waals surface area (Å²) in [4.78, 5) is 20.9. The van der Waals surface area contributed by atoms with Gasteiger partial charge in [0, 0.05) is 19.4 Å². The van der Waals surface area contributed by atoms with Gasteiger partial charge in [-0.05, 0) is 6.42 Å². The number of carbonyl (C=O) groups excluding carboxylic acids is 1. The highest BCUT2D eigenvalue weighted by atomic mass is 19.4. The average molecular weight is 227 g/mol. The van der Waals surface area contributed by atoms with E-state index in [0.717, 1.165) is 0 Å². The first-order valence-electron chi connectivity index (χ1n) is 4.36. The van der Waals surface area contributed by atoms with E-state index < -0.39 is 24.5 Å². The lowest BCUT2D eigenvalue weighted by molar-refractivity contribution is -0.138. The second-order valence-corrected chi connectivity index (χ2v) is 2.96. The predicted molar refractivity (Wildman–Crippen MR) is 45.2 cm³/mol. The Labute approximate surface area is 84.5 Å². The predicted octanol–water partition coefficient (Wildman–Crippen LogP) is 1.31. The highest BCUT2D eigenvalue weighted by Crippen LogP contribution is 2.20. The minimum atomic E-state index is -4.22. The molecule has 0 bridgehead atoms. The van der Waals surface area contributed by atoms with Crippen LogP contribution in [-0.4, -0.2) is 29.7 Å². The van der Waals surface area contributed by atoms with E-state index in [1.165, 1.54) is 0 Å². The molecule has 0 aromatic rings. The Balaban J connectivity index is 3.44. The summed E-state index contributed by atoms with van der Waals surface area (Å²) in [5, 5.41) is 10.4. The van der Waals surface area contributed by atoms with Crippen molar-refractivity contribution in [3.8, 4) is 0 Å². The van der Waals surface area contributed by atoms with E-state index in [2.05, 4.69) is 5.32 Å². The molecule has 7 heteroatoms. The van der Waals surface area contributed by atoms with Crippen LogP contribution in [0, 0.1) is 0 Å². The minimum absolute atomic E-state index is 0.0854. The first kappa shape index (κ1) is 13.7. The summed E-state index contributed by atoms with van der Waals surface area (Å²) in [7, 11) is 0. The maximum atomic E-state index is 11.6. The number of carbonyl (C=O) groups is 2. The number of carboxylic acids is 1. The number of hydrogen-bond donors (Lipinski definition) is 2. The zero-order chi connectivity index (χ0) is 11.9. The van der Waals surface area contributed by atoms with Crippen molar-refractivity contribution in [3.05, 3.63) is 0 Å². The third-order valence-electron chi connectivity index (χ3n) is 1.53. The van der Waals surface area contributed by atoms with Gasteiger partial charge in [-0.2, -0.15) is 13.2 Å². The number of carboxylic acid groups (broad SMARTS) is 1. The molecular formula is C8H12F3NO3. The highest BCUT2D eigenvalue weighted by Gasteiger charge is 2.25. The van der Waals surface area contributed by atoms with Crippen molar-refractivity contribution in [2.75, 3.05) is 6.54 Å². The maximum absolute atomic E-state index is 11.6. The smallest absolute Gasteiger partial charge is 0.389 e. The number of hydrogen-bond acceptors (Lipinski definition) is 2.